The Morgan fingerprint density at radius 1 is 1.24 bits per heavy atom. The van der Waals surface area contributed by atoms with Crippen molar-refractivity contribution in [3.63, 3.8) is 0 Å². The van der Waals surface area contributed by atoms with E-state index in [2.05, 4.69) is 15.8 Å². The fourth-order valence-electron chi connectivity index (χ4n) is 1.44. The molecule has 0 spiro atoms. The van der Waals surface area contributed by atoms with Gasteiger partial charge in [-0.25, -0.2) is 0 Å². The highest BCUT2D eigenvalue weighted by Crippen LogP contribution is 2.06. The first-order chi connectivity index (χ1) is 8.19. The van der Waals surface area contributed by atoms with Crippen molar-refractivity contribution < 1.29 is 9.59 Å². The third kappa shape index (κ3) is 3.86. The van der Waals surface area contributed by atoms with Crippen molar-refractivity contribution in [3.8, 4) is 0 Å². The minimum atomic E-state index is -0.412. The summed E-state index contributed by atoms with van der Waals surface area (Å²) < 4.78 is 0. The quantitative estimate of drug-likeness (QED) is 0.772. The molecule has 0 unspecified atom stereocenters. The molecule has 0 saturated heterocycles. The third-order valence-electron chi connectivity index (χ3n) is 2.55. The van der Waals surface area contributed by atoms with Gasteiger partial charge in [-0.3, -0.25) is 25.4 Å². The van der Waals surface area contributed by atoms with E-state index in [-0.39, 0.29) is 17.5 Å². The van der Waals surface area contributed by atoms with Gasteiger partial charge in [-0.05, 0) is 25.0 Å². The molecule has 17 heavy (non-hydrogen) atoms. The van der Waals surface area contributed by atoms with Crippen LogP contribution in [0.5, 0.6) is 0 Å². The first-order valence-corrected chi connectivity index (χ1v) is 5.70. The molecular weight excluding hydrogens is 218 g/mol. The lowest BCUT2D eigenvalue weighted by Gasteiger charge is -2.13. The number of rotatable bonds is 4. The summed E-state index contributed by atoms with van der Waals surface area (Å²) in [5.74, 6) is -0.650. The standard InChI is InChI=1S/C12H17N3O2/c1-3-9(4-2)11(16)14-15-12(17)10-7-5-6-8-13-10/h5-9H,3-4H2,1-2H3,(H,14,16)(H,15,17). The number of pyridine rings is 1. The van der Waals surface area contributed by atoms with Gasteiger partial charge in [0.15, 0.2) is 0 Å². The molecule has 2 N–H and O–H groups in total. The molecule has 5 nitrogen and oxygen atoms in total. The summed E-state index contributed by atoms with van der Waals surface area (Å²) in [7, 11) is 0. The third-order valence-corrected chi connectivity index (χ3v) is 2.55. The molecule has 0 aliphatic heterocycles. The minimum absolute atomic E-state index is 0.0703. The summed E-state index contributed by atoms with van der Waals surface area (Å²) in [6, 6.07) is 5.02. The lowest BCUT2D eigenvalue weighted by atomic mass is 10.0. The molecule has 1 rings (SSSR count). The number of hydrogen-bond acceptors (Lipinski definition) is 3. The maximum absolute atomic E-state index is 11.6. The highest BCUT2D eigenvalue weighted by Gasteiger charge is 2.15. The number of carbonyl (C=O) groups excluding carboxylic acids is 2. The second-order valence-corrected chi connectivity index (χ2v) is 3.67. The average molecular weight is 235 g/mol. The van der Waals surface area contributed by atoms with Gasteiger partial charge >= 0.3 is 0 Å². The van der Waals surface area contributed by atoms with Gasteiger partial charge < -0.3 is 0 Å². The molecule has 1 aromatic rings. The first-order valence-electron chi connectivity index (χ1n) is 5.70. The summed E-state index contributed by atoms with van der Waals surface area (Å²) in [4.78, 5) is 27.0. The summed E-state index contributed by atoms with van der Waals surface area (Å²) in [5, 5.41) is 0. The van der Waals surface area contributed by atoms with Crippen LogP contribution in [0.15, 0.2) is 24.4 Å². The van der Waals surface area contributed by atoms with Crippen LogP contribution in [0.1, 0.15) is 37.2 Å². The zero-order chi connectivity index (χ0) is 12.7. The molecule has 0 fully saturated rings. The lowest BCUT2D eigenvalue weighted by molar-refractivity contribution is -0.125. The van der Waals surface area contributed by atoms with E-state index in [4.69, 9.17) is 0 Å². The maximum Gasteiger partial charge on any atom is 0.288 e. The van der Waals surface area contributed by atoms with E-state index in [1.165, 1.54) is 6.20 Å². The molecular formula is C12H17N3O2. The van der Waals surface area contributed by atoms with E-state index in [0.717, 1.165) is 12.8 Å². The van der Waals surface area contributed by atoms with E-state index in [0.29, 0.717) is 0 Å². The van der Waals surface area contributed by atoms with Gasteiger partial charge in [0, 0.05) is 12.1 Å². The molecule has 1 aromatic heterocycles. The van der Waals surface area contributed by atoms with E-state index in [1.54, 1.807) is 18.2 Å². The molecule has 0 bridgehead atoms. The minimum Gasteiger partial charge on any atom is -0.273 e. The Labute approximate surface area is 101 Å². The van der Waals surface area contributed by atoms with Gasteiger partial charge in [0.25, 0.3) is 5.91 Å². The molecule has 0 aromatic carbocycles. The number of hydrazine groups is 1. The SMILES string of the molecule is CCC(CC)C(=O)NNC(=O)c1ccccn1. The van der Waals surface area contributed by atoms with Crippen LogP contribution in [0.4, 0.5) is 0 Å². The predicted octanol–water partition coefficient (Wildman–Crippen LogP) is 1.28. The van der Waals surface area contributed by atoms with Crippen LogP contribution in [0.2, 0.25) is 0 Å². The average Bonchev–Trinajstić information content (AvgIpc) is 2.38. The van der Waals surface area contributed by atoms with Crippen LogP contribution >= 0.6 is 0 Å². The summed E-state index contributed by atoms with van der Waals surface area (Å²) in [5.41, 5.74) is 5.03. The summed E-state index contributed by atoms with van der Waals surface area (Å²) in [6.45, 7) is 3.88. The van der Waals surface area contributed by atoms with Crippen molar-refractivity contribution in [1.29, 1.82) is 0 Å². The van der Waals surface area contributed by atoms with Gasteiger partial charge in [-0.1, -0.05) is 19.9 Å². The second kappa shape index (κ2) is 6.62. The number of amides is 2. The fraction of sp³-hybridized carbons (Fsp3) is 0.417. The Balaban J connectivity index is 2.46. The number of aromatic nitrogens is 1. The molecule has 1 heterocycles. The maximum atomic E-state index is 11.6. The van der Waals surface area contributed by atoms with E-state index < -0.39 is 5.91 Å². The predicted molar refractivity (Wildman–Crippen MR) is 63.9 cm³/mol. The van der Waals surface area contributed by atoms with Gasteiger partial charge in [0.2, 0.25) is 5.91 Å². The molecule has 0 aliphatic rings. The normalized spacial score (nSPS) is 10.1. The molecule has 2 amide bonds. The Morgan fingerprint density at radius 3 is 2.47 bits per heavy atom. The Bertz CT molecular complexity index is 375. The van der Waals surface area contributed by atoms with Crippen molar-refractivity contribution >= 4 is 11.8 Å². The van der Waals surface area contributed by atoms with E-state index in [9.17, 15) is 9.59 Å². The van der Waals surface area contributed by atoms with Crippen molar-refractivity contribution in [1.82, 2.24) is 15.8 Å². The Kier molecular flexibility index (Phi) is 5.13. The molecule has 0 atom stereocenters. The van der Waals surface area contributed by atoms with Gasteiger partial charge in [0.1, 0.15) is 5.69 Å². The highest BCUT2D eigenvalue weighted by molar-refractivity contribution is 5.93. The molecule has 92 valence electrons. The zero-order valence-electron chi connectivity index (χ0n) is 10.1. The van der Waals surface area contributed by atoms with Crippen molar-refractivity contribution in [2.45, 2.75) is 26.7 Å². The molecule has 0 aliphatic carbocycles. The van der Waals surface area contributed by atoms with Crippen LogP contribution in [0, 0.1) is 5.92 Å². The largest absolute Gasteiger partial charge is 0.288 e. The number of carbonyl (C=O) groups is 2. The van der Waals surface area contributed by atoms with Crippen molar-refractivity contribution in [2.75, 3.05) is 0 Å². The fourth-order valence-corrected chi connectivity index (χ4v) is 1.44. The second-order valence-electron chi connectivity index (χ2n) is 3.67. The number of nitrogens with one attached hydrogen (secondary N) is 2. The van der Waals surface area contributed by atoms with Crippen LogP contribution in [-0.2, 0) is 4.79 Å². The van der Waals surface area contributed by atoms with Crippen LogP contribution in [0.3, 0.4) is 0 Å². The Morgan fingerprint density at radius 2 is 1.94 bits per heavy atom. The zero-order valence-corrected chi connectivity index (χ0v) is 10.1. The van der Waals surface area contributed by atoms with Gasteiger partial charge in [-0.15, -0.1) is 0 Å². The van der Waals surface area contributed by atoms with Crippen LogP contribution in [0.25, 0.3) is 0 Å². The van der Waals surface area contributed by atoms with Crippen LogP contribution < -0.4 is 10.9 Å². The smallest absolute Gasteiger partial charge is 0.273 e. The first kappa shape index (κ1) is 13.2. The highest BCUT2D eigenvalue weighted by atomic mass is 16.2. The van der Waals surface area contributed by atoms with Crippen molar-refractivity contribution in [3.05, 3.63) is 30.1 Å². The summed E-state index contributed by atoms with van der Waals surface area (Å²) in [6.07, 6.45) is 3.03. The molecule has 5 heteroatoms. The monoisotopic (exact) mass is 235 g/mol. The van der Waals surface area contributed by atoms with Crippen molar-refractivity contribution in [2.24, 2.45) is 5.92 Å². The topological polar surface area (TPSA) is 71.1 Å². The Hall–Kier alpha value is -1.91. The van der Waals surface area contributed by atoms with Gasteiger partial charge in [-0.2, -0.15) is 0 Å². The molecule has 0 radical (unpaired) electrons. The van der Waals surface area contributed by atoms with E-state index in [1.807, 2.05) is 13.8 Å². The number of nitrogens with zero attached hydrogens (tertiary/aromatic N) is 1. The van der Waals surface area contributed by atoms with E-state index >= 15 is 0 Å². The van der Waals surface area contributed by atoms with Gasteiger partial charge in [0.05, 0.1) is 0 Å². The lowest BCUT2D eigenvalue weighted by Crippen LogP contribution is -2.44. The number of hydrogen-bond donors (Lipinski definition) is 2. The summed E-state index contributed by atoms with van der Waals surface area (Å²) >= 11 is 0. The molecule has 0 saturated carbocycles. The van der Waals surface area contributed by atoms with Crippen LogP contribution in [-0.4, -0.2) is 16.8 Å².